The predicted octanol–water partition coefficient (Wildman–Crippen LogP) is 5.71. The van der Waals surface area contributed by atoms with Gasteiger partial charge in [-0.05, 0) is 75.4 Å². The summed E-state index contributed by atoms with van der Waals surface area (Å²) < 4.78 is 21.3. The molecule has 0 unspecified atom stereocenters. The Morgan fingerprint density at radius 1 is 1.14 bits per heavy atom. The van der Waals surface area contributed by atoms with Gasteiger partial charge in [-0.1, -0.05) is 12.0 Å². The summed E-state index contributed by atoms with van der Waals surface area (Å²) >= 11 is 0. The molecule has 3 heterocycles. The molecular weight excluding hydrogens is 443 g/mol. The van der Waals surface area contributed by atoms with E-state index in [0.29, 0.717) is 18.0 Å². The standard InChI is InChI=1S/C28H25FN4O2/c1-3-7-25(34)32-16-5-4-10-24(32)28-31-26(27-19(2)30-15-17-33(27)28)20-11-13-22(14-12-20)35-23-9-6-8-21(29)18-23/h6,8-9,11-15,17-18,24H,4-5,10,16H2,1-2H3/t24-/m0/s1. The molecule has 0 aliphatic carbocycles. The summed E-state index contributed by atoms with van der Waals surface area (Å²) in [5, 5.41) is 0. The molecule has 1 aliphatic rings. The molecule has 5 rings (SSSR count). The zero-order valence-corrected chi connectivity index (χ0v) is 19.7. The average molecular weight is 469 g/mol. The van der Waals surface area contributed by atoms with E-state index >= 15 is 0 Å². The van der Waals surface area contributed by atoms with E-state index in [4.69, 9.17) is 9.72 Å². The molecule has 2 aromatic carbocycles. The van der Waals surface area contributed by atoms with Crippen LogP contribution in [0.25, 0.3) is 16.8 Å². The van der Waals surface area contributed by atoms with Gasteiger partial charge in [0.05, 0.1) is 22.9 Å². The zero-order valence-electron chi connectivity index (χ0n) is 19.7. The number of likely N-dealkylation sites (tertiary alicyclic amines) is 1. The van der Waals surface area contributed by atoms with Crippen LogP contribution >= 0.6 is 0 Å². The van der Waals surface area contributed by atoms with Crippen molar-refractivity contribution in [1.82, 2.24) is 19.3 Å². The van der Waals surface area contributed by atoms with Crippen LogP contribution in [0.15, 0.2) is 60.9 Å². The second-order valence-corrected chi connectivity index (χ2v) is 8.52. The van der Waals surface area contributed by atoms with Crippen molar-refractivity contribution in [3.63, 3.8) is 0 Å². The molecule has 1 fully saturated rings. The smallest absolute Gasteiger partial charge is 0.299 e. The number of hydrogen-bond donors (Lipinski definition) is 0. The first-order chi connectivity index (χ1) is 17.0. The van der Waals surface area contributed by atoms with Crippen molar-refractivity contribution in [2.45, 2.75) is 39.2 Å². The number of carbonyl (C=O) groups excluding carboxylic acids is 1. The molecule has 1 saturated heterocycles. The van der Waals surface area contributed by atoms with Gasteiger partial charge < -0.3 is 9.64 Å². The van der Waals surface area contributed by atoms with Crippen molar-refractivity contribution in [1.29, 1.82) is 0 Å². The maximum absolute atomic E-state index is 13.5. The van der Waals surface area contributed by atoms with Crippen molar-refractivity contribution in [3.05, 3.63) is 78.3 Å². The number of amides is 1. The Bertz CT molecular complexity index is 1450. The number of hydrogen-bond acceptors (Lipinski definition) is 4. The van der Waals surface area contributed by atoms with E-state index in [1.54, 1.807) is 25.3 Å². The second kappa shape index (κ2) is 9.59. The highest BCUT2D eigenvalue weighted by atomic mass is 19.1. The van der Waals surface area contributed by atoms with Crippen molar-refractivity contribution < 1.29 is 13.9 Å². The van der Waals surface area contributed by atoms with Gasteiger partial charge in [0, 0.05) is 30.6 Å². The second-order valence-electron chi connectivity index (χ2n) is 8.52. The molecule has 0 spiro atoms. The fraction of sp³-hybridized carbons (Fsp3) is 0.250. The molecule has 0 N–H and O–H groups in total. The third kappa shape index (κ3) is 4.47. The van der Waals surface area contributed by atoms with Crippen LogP contribution in [0.3, 0.4) is 0 Å². The van der Waals surface area contributed by atoms with Gasteiger partial charge >= 0.3 is 0 Å². The normalized spacial score (nSPS) is 15.5. The van der Waals surface area contributed by atoms with Crippen LogP contribution in [-0.2, 0) is 4.79 Å². The summed E-state index contributed by atoms with van der Waals surface area (Å²) in [4.78, 5) is 24.1. The minimum Gasteiger partial charge on any atom is -0.457 e. The van der Waals surface area contributed by atoms with Gasteiger partial charge in [0.15, 0.2) is 0 Å². The molecule has 35 heavy (non-hydrogen) atoms. The molecular formula is C28H25FN4O2. The van der Waals surface area contributed by atoms with Gasteiger partial charge in [-0.3, -0.25) is 14.2 Å². The Hall–Kier alpha value is -4.18. The highest BCUT2D eigenvalue weighted by Gasteiger charge is 2.31. The topological polar surface area (TPSA) is 59.7 Å². The number of aromatic nitrogens is 3. The van der Waals surface area contributed by atoms with E-state index in [2.05, 4.69) is 16.8 Å². The van der Waals surface area contributed by atoms with E-state index < -0.39 is 0 Å². The summed E-state index contributed by atoms with van der Waals surface area (Å²) in [6, 6.07) is 13.4. The summed E-state index contributed by atoms with van der Waals surface area (Å²) in [5.41, 5.74) is 3.45. The molecule has 1 atom stereocenters. The highest BCUT2D eigenvalue weighted by molar-refractivity contribution is 5.93. The number of benzene rings is 2. The minimum absolute atomic E-state index is 0.157. The number of halogens is 1. The molecule has 176 valence electrons. The molecule has 4 aromatic rings. The predicted molar refractivity (Wildman–Crippen MR) is 131 cm³/mol. The summed E-state index contributed by atoms with van der Waals surface area (Å²) in [6.45, 7) is 4.30. The maximum Gasteiger partial charge on any atom is 0.299 e. The number of aryl methyl sites for hydroxylation is 1. The number of ether oxygens (including phenoxy) is 1. The van der Waals surface area contributed by atoms with E-state index in [9.17, 15) is 9.18 Å². The van der Waals surface area contributed by atoms with Gasteiger partial charge in [0.2, 0.25) is 0 Å². The Morgan fingerprint density at radius 3 is 2.74 bits per heavy atom. The van der Waals surface area contributed by atoms with Crippen LogP contribution in [0.2, 0.25) is 0 Å². The van der Waals surface area contributed by atoms with Crippen molar-refractivity contribution in [3.8, 4) is 34.6 Å². The largest absolute Gasteiger partial charge is 0.457 e. The number of piperidine rings is 1. The molecule has 1 amide bonds. The van der Waals surface area contributed by atoms with Gasteiger partial charge in [-0.15, -0.1) is 0 Å². The third-order valence-electron chi connectivity index (χ3n) is 6.22. The van der Waals surface area contributed by atoms with Crippen molar-refractivity contribution in [2.24, 2.45) is 0 Å². The molecule has 7 heteroatoms. The molecule has 6 nitrogen and oxygen atoms in total. The van der Waals surface area contributed by atoms with Gasteiger partial charge in [0.1, 0.15) is 23.1 Å². The van der Waals surface area contributed by atoms with E-state index in [-0.39, 0.29) is 17.8 Å². The Balaban J connectivity index is 1.54. The number of rotatable bonds is 4. The van der Waals surface area contributed by atoms with Crippen LogP contribution in [-0.4, -0.2) is 31.7 Å². The zero-order chi connectivity index (χ0) is 24.4. The molecule has 2 aromatic heterocycles. The summed E-state index contributed by atoms with van der Waals surface area (Å²) in [5.74, 6) is 6.75. The third-order valence-corrected chi connectivity index (χ3v) is 6.22. The van der Waals surface area contributed by atoms with Crippen LogP contribution < -0.4 is 4.74 Å². The first-order valence-electron chi connectivity index (χ1n) is 11.7. The fourth-order valence-corrected chi connectivity index (χ4v) is 4.63. The van der Waals surface area contributed by atoms with Gasteiger partial charge in [-0.2, -0.15) is 0 Å². The van der Waals surface area contributed by atoms with Gasteiger partial charge in [0.25, 0.3) is 5.91 Å². The molecule has 0 saturated carbocycles. The lowest BCUT2D eigenvalue weighted by Crippen LogP contribution is -2.38. The quantitative estimate of drug-likeness (QED) is 0.360. The average Bonchev–Trinajstić information content (AvgIpc) is 3.26. The number of imidazole rings is 1. The van der Waals surface area contributed by atoms with Crippen molar-refractivity contribution >= 4 is 11.4 Å². The molecule has 1 aliphatic heterocycles. The number of nitrogens with zero attached hydrogens (tertiary/aromatic N) is 4. The SMILES string of the molecule is CC#CC(=O)N1CCCC[C@H]1c1nc(-c2ccc(Oc3cccc(F)c3)cc2)c2c(C)nccn12. The lowest BCUT2D eigenvalue weighted by atomic mass is 10.0. The maximum atomic E-state index is 13.5. The Labute approximate surface area is 203 Å². The first kappa shape index (κ1) is 22.6. The minimum atomic E-state index is -0.348. The Morgan fingerprint density at radius 2 is 1.97 bits per heavy atom. The molecule has 0 bridgehead atoms. The highest BCUT2D eigenvalue weighted by Crippen LogP contribution is 2.36. The summed E-state index contributed by atoms with van der Waals surface area (Å²) in [6.07, 6.45) is 6.47. The van der Waals surface area contributed by atoms with Crippen LogP contribution in [0, 0.1) is 24.6 Å². The number of carbonyl (C=O) groups is 1. The lowest BCUT2D eigenvalue weighted by Gasteiger charge is -2.33. The van der Waals surface area contributed by atoms with Gasteiger partial charge in [-0.25, -0.2) is 9.37 Å². The van der Waals surface area contributed by atoms with Crippen LogP contribution in [0.1, 0.15) is 43.7 Å². The first-order valence-corrected chi connectivity index (χ1v) is 11.7. The van der Waals surface area contributed by atoms with Crippen molar-refractivity contribution in [2.75, 3.05) is 6.54 Å². The Kier molecular flexibility index (Phi) is 6.19. The summed E-state index contributed by atoms with van der Waals surface area (Å²) in [7, 11) is 0. The van der Waals surface area contributed by atoms with E-state index in [1.165, 1.54) is 12.1 Å². The number of fused-ring (bicyclic) bond motifs is 1. The lowest BCUT2D eigenvalue weighted by molar-refractivity contribution is -0.129. The fourth-order valence-electron chi connectivity index (χ4n) is 4.63. The van der Waals surface area contributed by atoms with E-state index in [0.717, 1.165) is 47.6 Å². The van der Waals surface area contributed by atoms with Crippen LogP contribution in [0.5, 0.6) is 11.5 Å². The monoisotopic (exact) mass is 468 g/mol. The van der Waals surface area contributed by atoms with Crippen LogP contribution in [0.4, 0.5) is 4.39 Å². The molecule has 0 radical (unpaired) electrons. The van der Waals surface area contributed by atoms with E-state index in [1.807, 2.05) is 46.7 Å².